The van der Waals surface area contributed by atoms with Crippen LogP contribution in [0.15, 0.2) is 60.7 Å². The molecule has 3 heteroatoms. The van der Waals surface area contributed by atoms with Gasteiger partial charge in [0.2, 0.25) is 0 Å². The van der Waals surface area contributed by atoms with Crippen molar-refractivity contribution < 1.29 is 9.53 Å². The average molecular weight is 269 g/mol. The fourth-order valence-corrected chi connectivity index (χ4v) is 1.89. The SMILES string of the molecule is C[C@@H](NCC(=O)OCc1ccccc1)c1ccccc1. The zero-order valence-corrected chi connectivity index (χ0v) is 11.6. The molecule has 20 heavy (non-hydrogen) atoms. The van der Waals surface area contributed by atoms with Crippen LogP contribution in [0.25, 0.3) is 0 Å². The summed E-state index contributed by atoms with van der Waals surface area (Å²) in [5.41, 5.74) is 2.15. The second-order valence-corrected chi connectivity index (χ2v) is 4.66. The van der Waals surface area contributed by atoms with Gasteiger partial charge in [-0.2, -0.15) is 0 Å². The zero-order chi connectivity index (χ0) is 14.2. The summed E-state index contributed by atoms with van der Waals surface area (Å²) in [6.45, 7) is 2.56. The summed E-state index contributed by atoms with van der Waals surface area (Å²) in [7, 11) is 0. The molecular formula is C17H19NO2. The third kappa shape index (κ3) is 4.52. The molecule has 2 rings (SSSR count). The number of rotatable bonds is 6. The van der Waals surface area contributed by atoms with Crippen molar-refractivity contribution in [2.45, 2.75) is 19.6 Å². The molecule has 0 saturated heterocycles. The molecule has 1 atom stereocenters. The first-order valence-corrected chi connectivity index (χ1v) is 6.73. The van der Waals surface area contributed by atoms with E-state index in [0.717, 1.165) is 11.1 Å². The molecule has 0 aliphatic rings. The number of hydrogen-bond donors (Lipinski definition) is 1. The second kappa shape index (κ2) is 7.46. The van der Waals surface area contributed by atoms with Crippen molar-refractivity contribution in [1.82, 2.24) is 5.32 Å². The molecule has 0 heterocycles. The van der Waals surface area contributed by atoms with E-state index in [4.69, 9.17) is 4.74 Å². The smallest absolute Gasteiger partial charge is 0.320 e. The van der Waals surface area contributed by atoms with Gasteiger partial charge in [-0.1, -0.05) is 60.7 Å². The van der Waals surface area contributed by atoms with Crippen LogP contribution in [0, 0.1) is 0 Å². The Hall–Kier alpha value is -2.13. The average Bonchev–Trinajstić information content (AvgIpc) is 2.52. The monoisotopic (exact) mass is 269 g/mol. The Morgan fingerprint density at radius 3 is 2.30 bits per heavy atom. The molecule has 0 aromatic heterocycles. The number of esters is 1. The largest absolute Gasteiger partial charge is 0.460 e. The molecule has 2 aromatic rings. The predicted molar refractivity (Wildman–Crippen MR) is 79.1 cm³/mol. The van der Waals surface area contributed by atoms with E-state index in [9.17, 15) is 4.79 Å². The topological polar surface area (TPSA) is 38.3 Å². The van der Waals surface area contributed by atoms with Crippen molar-refractivity contribution in [3.63, 3.8) is 0 Å². The van der Waals surface area contributed by atoms with Crippen LogP contribution in [0.4, 0.5) is 0 Å². The van der Waals surface area contributed by atoms with E-state index >= 15 is 0 Å². The van der Waals surface area contributed by atoms with Gasteiger partial charge in [0.1, 0.15) is 6.61 Å². The normalized spacial score (nSPS) is 11.8. The van der Waals surface area contributed by atoms with Crippen LogP contribution in [0.1, 0.15) is 24.1 Å². The lowest BCUT2D eigenvalue weighted by Crippen LogP contribution is -2.27. The van der Waals surface area contributed by atoms with Crippen molar-refractivity contribution in [2.75, 3.05) is 6.54 Å². The number of carbonyl (C=O) groups is 1. The summed E-state index contributed by atoms with van der Waals surface area (Å²) in [5.74, 6) is -0.239. The summed E-state index contributed by atoms with van der Waals surface area (Å²) < 4.78 is 5.21. The van der Waals surface area contributed by atoms with Crippen LogP contribution in [0.3, 0.4) is 0 Å². The molecule has 1 N–H and O–H groups in total. The van der Waals surface area contributed by atoms with Crippen molar-refractivity contribution in [3.05, 3.63) is 71.8 Å². The van der Waals surface area contributed by atoms with E-state index < -0.39 is 0 Å². The summed E-state index contributed by atoms with van der Waals surface area (Å²) in [5, 5.41) is 3.16. The fraction of sp³-hybridized carbons (Fsp3) is 0.235. The van der Waals surface area contributed by atoms with Crippen LogP contribution < -0.4 is 5.32 Å². The summed E-state index contributed by atoms with van der Waals surface area (Å²) >= 11 is 0. The minimum Gasteiger partial charge on any atom is -0.460 e. The third-order valence-corrected chi connectivity index (χ3v) is 3.09. The summed E-state index contributed by atoms with van der Waals surface area (Å²) in [6, 6.07) is 19.8. The Balaban J connectivity index is 1.73. The number of benzene rings is 2. The second-order valence-electron chi connectivity index (χ2n) is 4.66. The van der Waals surface area contributed by atoms with Gasteiger partial charge in [-0.05, 0) is 18.1 Å². The first-order valence-electron chi connectivity index (χ1n) is 6.73. The van der Waals surface area contributed by atoms with E-state index in [1.54, 1.807) is 0 Å². The van der Waals surface area contributed by atoms with Gasteiger partial charge in [-0.15, -0.1) is 0 Å². The Morgan fingerprint density at radius 1 is 1.05 bits per heavy atom. The molecule has 0 fully saturated rings. The number of ether oxygens (including phenoxy) is 1. The van der Waals surface area contributed by atoms with Crippen LogP contribution in [-0.2, 0) is 16.1 Å². The Morgan fingerprint density at radius 2 is 1.65 bits per heavy atom. The van der Waals surface area contributed by atoms with Crippen molar-refractivity contribution >= 4 is 5.97 Å². The van der Waals surface area contributed by atoms with Gasteiger partial charge < -0.3 is 10.1 Å². The lowest BCUT2D eigenvalue weighted by Gasteiger charge is -2.13. The molecule has 0 spiro atoms. The fourth-order valence-electron chi connectivity index (χ4n) is 1.89. The highest BCUT2D eigenvalue weighted by molar-refractivity contribution is 5.71. The Kier molecular flexibility index (Phi) is 5.33. The van der Waals surface area contributed by atoms with Gasteiger partial charge in [0.15, 0.2) is 0 Å². The first-order chi connectivity index (χ1) is 9.75. The van der Waals surface area contributed by atoms with Gasteiger partial charge in [-0.25, -0.2) is 0 Å². The van der Waals surface area contributed by atoms with Gasteiger partial charge in [-0.3, -0.25) is 4.79 Å². The van der Waals surface area contributed by atoms with E-state index in [0.29, 0.717) is 6.61 Å². The van der Waals surface area contributed by atoms with Gasteiger partial charge >= 0.3 is 5.97 Å². The van der Waals surface area contributed by atoms with Crippen molar-refractivity contribution in [1.29, 1.82) is 0 Å². The molecule has 0 bridgehead atoms. The van der Waals surface area contributed by atoms with Crippen LogP contribution >= 0.6 is 0 Å². The highest BCUT2D eigenvalue weighted by Crippen LogP contribution is 2.10. The minimum atomic E-state index is -0.239. The lowest BCUT2D eigenvalue weighted by atomic mass is 10.1. The van der Waals surface area contributed by atoms with Crippen LogP contribution in [-0.4, -0.2) is 12.5 Å². The highest BCUT2D eigenvalue weighted by atomic mass is 16.5. The minimum absolute atomic E-state index is 0.125. The van der Waals surface area contributed by atoms with Gasteiger partial charge in [0.05, 0.1) is 6.54 Å². The molecule has 0 aliphatic heterocycles. The molecule has 0 unspecified atom stereocenters. The molecule has 2 aromatic carbocycles. The highest BCUT2D eigenvalue weighted by Gasteiger charge is 2.08. The molecule has 3 nitrogen and oxygen atoms in total. The number of hydrogen-bond acceptors (Lipinski definition) is 3. The van der Waals surface area contributed by atoms with Gasteiger partial charge in [0.25, 0.3) is 0 Å². The first kappa shape index (κ1) is 14.3. The maximum absolute atomic E-state index is 11.7. The quantitative estimate of drug-likeness (QED) is 0.819. The van der Waals surface area contributed by atoms with Crippen LogP contribution in [0.5, 0.6) is 0 Å². The van der Waals surface area contributed by atoms with E-state index in [1.165, 1.54) is 0 Å². The third-order valence-electron chi connectivity index (χ3n) is 3.09. The Labute approximate surface area is 119 Å². The molecule has 0 radical (unpaired) electrons. The van der Waals surface area contributed by atoms with E-state index in [-0.39, 0.29) is 18.6 Å². The molecule has 0 saturated carbocycles. The maximum Gasteiger partial charge on any atom is 0.320 e. The Bertz CT molecular complexity index is 525. The summed E-state index contributed by atoms with van der Waals surface area (Å²) in [6.07, 6.45) is 0. The lowest BCUT2D eigenvalue weighted by molar-refractivity contribution is -0.144. The molecule has 104 valence electrons. The van der Waals surface area contributed by atoms with Gasteiger partial charge in [0, 0.05) is 6.04 Å². The number of nitrogens with one attached hydrogen (secondary N) is 1. The summed E-state index contributed by atoms with van der Waals surface area (Å²) in [4.78, 5) is 11.7. The molecule has 0 amide bonds. The molecule has 0 aliphatic carbocycles. The predicted octanol–water partition coefficient (Wildman–Crippen LogP) is 3.08. The van der Waals surface area contributed by atoms with E-state index in [2.05, 4.69) is 5.32 Å². The van der Waals surface area contributed by atoms with Crippen molar-refractivity contribution in [2.24, 2.45) is 0 Å². The number of carbonyl (C=O) groups excluding carboxylic acids is 1. The molecular weight excluding hydrogens is 250 g/mol. The van der Waals surface area contributed by atoms with Crippen LogP contribution in [0.2, 0.25) is 0 Å². The maximum atomic E-state index is 11.7. The van der Waals surface area contributed by atoms with Crippen molar-refractivity contribution in [3.8, 4) is 0 Å². The zero-order valence-electron chi connectivity index (χ0n) is 11.6. The standard InChI is InChI=1S/C17H19NO2/c1-14(16-10-6-3-7-11-16)18-12-17(19)20-13-15-8-4-2-5-9-15/h2-11,14,18H,12-13H2,1H3/t14-/m1/s1. The van der Waals surface area contributed by atoms with E-state index in [1.807, 2.05) is 67.6 Å².